The summed E-state index contributed by atoms with van der Waals surface area (Å²) in [7, 11) is 0. The van der Waals surface area contributed by atoms with Gasteiger partial charge in [0.05, 0.1) is 6.10 Å². The zero-order valence-electron chi connectivity index (χ0n) is 21.7. The second-order valence-electron chi connectivity index (χ2n) is 14.7. The van der Waals surface area contributed by atoms with Crippen molar-refractivity contribution >= 4 is 0 Å². The van der Waals surface area contributed by atoms with E-state index in [2.05, 4.69) is 55.0 Å². The van der Waals surface area contributed by atoms with Crippen LogP contribution in [0, 0.1) is 56.7 Å². The van der Waals surface area contributed by atoms with Gasteiger partial charge in [-0.15, -0.1) is 0 Å². The molecule has 0 aromatic carbocycles. The topological polar surface area (TPSA) is 20.2 Å². The number of allylic oxidation sites excluding steroid dienone is 1. The number of rotatable bonds is 1. The van der Waals surface area contributed by atoms with Crippen LogP contribution in [0.25, 0.3) is 0 Å². The molecule has 0 aromatic heterocycles. The normalized spacial score (nSPS) is 57.9. The van der Waals surface area contributed by atoms with Gasteiger partial charge in [-0.25, -0.2) is 0 Å². The van der Waals surface area contributed by atoms with Crippen molar-refractivity contribution in [2.24, 2.45) is 56.7 Å². The zero-order valence-corrected chi connectivity index (χ0v) is 21.7. The molecule has 5 fully saturated rings. The van der Waals surface area contributed by atoms with E-state index >= 15 is 0 Å². The maximum absolute atomic E-state index is 10.9. The van der Waals surface area contributed by atoms with Gasteiger partial charge in [0.2, 0.25) is 0 Å². The predicted octanol–water partition coefficient (Wildman–Crippen LogP) is 8.02. The molecule has 6 unspecified atom stereocenters. The SMILES string of the molecule is C=C(C)[C@H]1CCC2(C)CC[C@]3(C)C(CCC4C5(C)CCC(O)C(C)(C)[C@@H]5CCC43C)[C@@H]12. The van der Waals surface area contributed by atoms with Crippen LogP contribution < -0.4 is 0 Å². The van der Waals surface area contributed by atoms with E-state index in [1.807, 2.05) is 0 Å². The van der Waals surface area contributed by atoms with Crippen LogP contribution in [0.15, 0.2) is 12.2 Å². The molecule has 5 aliphatic carbocycles. The molecule has 5 saturated carbocycles. The van der Waals surface area contributed by atoms with Gasteiger partial charge < -0.3 is 5.11 Å². The first-order valence-corrected chi connectivity index (χ1v) is 13.6. The first kappa shape index (κ1) is 22.5. The van der Waals surface area contributed by atoms with Gasteiger partial charge in [-0.3, -0.25) is 0 Å². The van der Waals surface area contributed by atoms with E-state index in [1.54, 1.807) is 0 Å². The molecule has 0 amide bonds. The largest absolute Gasteiger partial charge is 0.393 e. The summed E-state index contributed by atoms with van der Waals surface area (Å²) in [5, 5.41) is 10.9. The molecule has 5 aliphatic rings. The monoisotopic (exact) mass is 426 g/mol. The molecule has 0 radical (unpaired) electrons. The fourth-order valence-corrected chi connectivity index (χ4v) is 11.5. The molecule has 0 aromatic rings. The van der Waals surface area contributed by atoms with Crippen molar-refractivity contribution in [1.82, 2.24) is 0 Å². The van der Waals surface area contributed by atoms with Crippen LogP contribution in [0.4, 0.5) is 0 Å². The molecule has 31 heavy (non-hydrogen) atoms. The molecule has 0 heterocycles. The van der Waals surface area contributed by atoms with E-state index in [4.69, 9.17) is 0 Å². The summed E-state index contributed by atoms with van der Waals surface area (Å²) in [6.07, 6.45) is 13.4. The molecule has 0 bridgehead atoms. The Morgan fingerprint density at radius 1 is 0.742 bits per heavy atom. The highest BCUT2D eigenvalue weighted by atomic mass is 16.3. The van der Waals surface area contributed by atoms with Crippen molar-refractivity contribution in [3.63, 3.8) is 0 Å². The average Bonchev–Trinajstić information content (AvgIpc) is 3.04. The van der Waals surface area contributed by atoms with Crippen LogP contribution in [0.5, 0.6) is 0 Å². The summed E-state index contributed by atoms with van der Waals surface area (Å²) in [5.74, 6) is 3.98. The van der Waals surface area contributed by atoms with Crippen molar-refractivity contribution < 1.29 is 5.11 Å². The molecule has 1 heteroatoms. The molecule has 0 aliphatic heterocycles. The van der Waals surface area contributed by atoms with E-state index in [9.17, 15) is 5.11 Å². The van der Waals surface area contributed by atoms with Crippen molar-refractivity contribution in [2.45, 2.75) is 119 Å². The predicted molar refractivity (Wildman–Crippen MR) is 131 cm³/mol. The van der Waals surface area contributed by atoms with Gasteiger partial charge in [0, 0.05) is 0 Å². The third kappa shape index (κ3) is 2.65. The van der Waals surface area contributed by atoms with E-state index in [-0.39, 0.29) is 11.5 Å². The molecule has 10 atom stereocenters. The van der Waals surface area contributed by atoms with E-state index in [1.165, 1.54) is 63.4 Å². The van der Waals surface area contributed by atoms with Gasteiger partial charge in [-0.1, -0.05) is 53.7 Å². The Morgan fingerprint density at radius 2 is 1.45 bits per heavy atom. The highest BCUT2D eigenvalue weighted by Crippen LogP contribution is 2.77. The minimum absolute atomic E-state index is 0.0632. The highest BCUT2D eigenvalue weighted by Gasteiger charge is 2.70. The number of fused-ring (bicyclic) bond motifs is 7. The summed E-state index contributed by atoms with van der Waals surface area (Å²) >= 11 is 0. The number of aliphatic hydroxyl groups excluding tert-OH is 1. The smallest absolute Gasteiger partial charge is 0.0594 e. The van der Waals surface area contributed by atoms with Crippen LogP contribution in [-0.2, 0) is 0 Å². The second-order valence-corrected chi connectivity index (χ2v) is 14.7. The third-order valence-electron chi connectivity index (χ3n) is 13.5. The van der Waals surface area contributed by atoms with Crippen molar-refractivity contribution in [3.05, 3.63) is 12.2 Å². The maximum Gasteiger partial charge on any atom is 0.0594 e. The summed E-state index contributed by atoms with van der Waals surface area (Å²) in [6, 6.07) is 0. The number of aliphatic hydroxyl groups is 1. The van der Waals surface area contributed by atoms with Crippen molar-refractivity contribution in [2.75, 3.05) is 0 Å². The fourth-order valence-electron chi connectivity index (χ4n) is 11.5. The lowest BCUT2D eigenvalue weighted by Crippen LogP contribution is -2.66. The minimum Gasteiger partial charge on any atom is -0.393 e. The molecule has 0 spiro atoms. The van der Waals surface area contributed by atoms with Gasteiger partial charge in [0.15, 0.2) is 0 Å². The quantitative estimate of drug-likeness (QED) is 0.421. The van der Waals surface area contributed by atoms with E-state index in [0.29, 0.717) is 27.6 Å². The number of hydrogen-bond acceptors (Lipinski definition) is 1. The minimum atomic E-state index is -0.118. The molecule has 1 nitrogen and oxygen atoms in total. The van der Waals surface area contributed by atoms with Gasteiger partial charge in [0.25, 0.3) is 0 Å². The molecule has 5 rings (SSSR count). The zero-order chi connectivity index (χ0) is 22.6. The third-order valence-corrected chi connectivity index (χ3v) is 13.5. The van der Waals surface area contributed by atoms with Crippen molar-refractivity contribution in [1.29, 1.82) is 0 Å². The number of hydrogen-bond donors (Lipinski definition) is 1. The lowest BCUT2D eigenvalue weighted by Gasteiger charge is -2.73. The van der Waals surface area contributed by atoms with Gasteiger partial charge in [-0.05, 0) is 128 Å². The lowest BCUT2D eigenvalue weighted by atomic mass is 9.32. The Bertz CT molecular complexity index is 766. The Kier molecular flexibility index (Phi) is 4.82. The van der Waals surface area contributed by atoms with Crippen molar-refractivity contribution in [3.8, 4) is 0 Å². The maximum atomic E-state index is 10.9. The second kappa shape index (κ2) is 6.64. The van der Waals surface area contributed by atoms with E-state index in [0.717, 1.165) is 30.1 Å². The van der Waals surface area contributed by atoms with Crippen LogP contribution in [0.2, 0.25) is 0 Å². The average molecular weight is 427 g/mol. The Hall–Kier alpha value is -0.300. The van der Waals surface area contributed by atoms with Gasteiger partial charge >= 0.3 is 0 Å². The first-order valence-electron chi connectivity index (χ1n) is 13.6. The molecule has 0 saturated heterocycles. The summed E-state index contributed by atoms with van der Waals surface area (Å²) in [6.45, 7) is 22.3. The molecular formula is C30H50O. The summed E-state index contributed by atoms with van der Waals surface area (Å²) < 4.78 is 0. The lowest BCUT2D eigenvalue weighted by molar-refractivity contribution is -0.246. The van der Waals surface area contributed by atoms with Crippen LogP contribution >= 0.6 is 0 Å². The Morgan fingerprint density at radius 3 is 2.13 bits per heavy atom. The van der Waals surface area contributed by atoms with Gasteiger partial charge in [0.1, 0.15) is 0 Å². The highest BCUT2D eigenvalue weighted by molar-refractivity contribution is 5.21. The Balaban J connectivity index is 1.54. The van der Waals surface area contributed by atoms with Crippen LogP contribution in [-0.4, -0.2) is 11.2 Å². The first-order chi connectivity index (χ1) is 14.3. The van der Waals surface area contributed by atoms with Crippen LogP contribution in [0.3, 0.4) is 0 Å². The standard InChI is InChI=1S/C30H50O/c1-19(2)20-11-14-27(5)17-18-29(7)21(25(20)27)9-10-23-28(6)15-13-24(31)26(3,4)22(28)12-16-30(23,29)8/h20-25,31H,1,9-18H2,2-8H3/t20-,21?,22+,23?,24?,25-,27?,28?,29-,30?/m1/s1. The molecule has 1 N–H and O–H groups in total. The molecule has 176 valence electrons. The molecular weight excluding hydrogens is 376 g/mol. The van der Waals surface area contributed by atoms with Gasteiger partial charge in [-0.2, -0.15) is 0 Å². The van der Waals surface area contributed by atoms with E-state index < -0.39 is 0 Å². The van der Waals surface area contributed by atoms with Crippen LogP contribution in [0.1, 0.15) is 113 Å². The summed E-state index contributed by atoms with van der Waals surface area (Å²) in [5.41, 5.74) is 3.38. The fraction of sp³-hybridized carbons (Fsp3) is 0.933. The Labute approximate surface area is 192 Å². The summed E-state index contributed by atoms with van der Waals surface area (Å²) in [4.78, 5) is 0.